The summed E-state index contributed by atoms with van der Waals surface area (Å²) in [7, 11) is 3.45. The highest BCUT2D eigenvalue weighted by atomic mass is 16.5. The predicted molar refractivity (Wildman–Crippen MR) is 81.5 cm³/mol. The van der Waals surface area contributed by atoms with E-state index in [1.54, 1.807) is 12.0 Å². The number of hydrogen-bond donors (Lipinski definition) is 1. The Hall–Kier alpha value is -1.39. The van der Waals surface area contributed by atoms with Crippen LogP contribution in [0.15, 0.2) is 24.3 Å². The topological polar surface area (TPSA) is 55.6 Å². The summed E-state index contributed by atoms with van der Waals surface area (Å²) in [6.45, 7) is 5.31. The zero-order chi connectivity index (χ0) is 15.1. The van der Waals surface area contributed by atoms with Gasteiger partial charge >= 0.3 is 0 Å². The van der Waals surface area contributed by atoms with Gasteiger partial charge in [0.15, 0.2) is 0 Å². The summed E-state index contributed by atoms with van der Waals surface area (Å²) in [6, 6.07) is 7.68. The smallest absolute Gasteiger partial charge is 0.253 e. The van der Waals surface area contributed by atoms with Crippen LogP contribution in [0, 0.1) is 5.92 Å². The van der Waals surface area contributed by atoms with Crippen LogP contribution < -0.4 is 5.73 Å². The van der Waals surface area contributed by atoms with Crippen molar-refractivity contribution in [1.29, 1.82) is 0 Å². The highest BCUT2D eigenvalue weighted by Gasteiger charge is 2.16. The molecule has 1 unspecified atom stereocenters. The zero-order valence-electron chi connectivity index (χ0n) is 12.9. The minimum absolute atomic E-state index is 0.0219. The highest BCUT2D eigenvalue weighted by molar-refractivity contribution is 5.95. The summed E-state index contributed by atoms with van der Waals surface area (Å²) in [5.41, 5.74) is 7.64. The number of ether oxygens (including phenoxy) is 1. The van der Waals surface area contributed by atoms with Gasteiger partial charge in [0.25, 0.3) is 5.91 Å². The first-order chi connectivity index (χ1) is 9.47. The maximum absolute atomic E-state index is 12.5. The maximum Gasteiger partial charge on any atom is 0.253 e. The normalized spacial score (nSPS) is 12.5. The van der Waals surface area contributed by atoms with Gasteiger partial charge in [-0.15, -0.1) is 0 Å². The molecule has 0 fully saturated rings. The number of nitrogens with zero attached hydrogens (tertiary/aromatic N) is 1. The molecule has 20 heavy (non-hydrogen) atoms. The van der Waals surface area contributed by atoms with Crippen LogP contribution >= 0.6 is 0 Å². The SMILES string of the molecule is COCc1ccccc1C(=O)N(C)CCC(N)C(C)C. The first kappa shape index (κ1) is 16.7. The van der Waals surface area contributed by atoms with E-state index in [0.29, 0.717) is 24.6 Å². The molecule has 0 aromatic heterocycles. The van der Waals surface area contributed by atoms with Crippen LogP contribution in [0.3, 0.4) is 0 Å². The van der Waals surface area contributed by atoms with Crippen LogP contribution in [0.25, 0.3) is 0 Å². The van der Waals surface area contributed by atoms with E-state index in [2.05, 4.69) is 13.8 Å². The van der Waals surface area contributed by atoms with Crippen LogP contribution in [0.4, 0.5) is 0 Å². The average Bonchev–Trinajstić information content (AvgIpc) is 2.44. The monoisotopic (exact) mass is 278 g/mol. The summed E-state index contributed by atoms with van der Waals surface area (Å²) in [4.78, 5) is 14.2. The van der Waals surface area contributed by atoms with Gasteiger partial charge in [0.05, 0.1) is 6.61 Å². The van der Waals surface area contributed by atoms with Gasteiger partial charge < -0.3 is 15.4 Å². The summed E-state index contributed by atoms with van der Waals surface area (Å²) in [5.74, 6) is 0.452. The van der Waals surface area contributed by atoms with Crippen molar-refractivity contribution in [3.8, 4) is 0 Å². The van der Waals surface area contributed by atoms with Crippen molar-refractivity contribution < 1.29 is 9.53 Å². The molecule has 0 radical (unpaired) electrons. The minimum Gasteiger partial charge on any atom is -0.380 e. The van der Waals surface area contributed by atoms with Crippen molar-refractivity contribution in [2.24, 2.45) is 11.7 Å². The molecule has 0 spiro atoms. The number of carbonyl (C=O) groups excluding carboxylic acids is 1. The molecule has 1 aromatic carbocycles. The number of amides is 1. The first-order valence-electron chi connectivity index (χ1n) is 7.05. The second kappa shape index (κ2) is 8.02. The minimum atomic E-state index is 0.0219. The standard InChI is InChI=1S/C16H26N2O2/c1-12(2)15(17)9-10-18(3)16(19)14-8-6-5-7-13(14)11-20-4/h5-8,12,15H,9-11,17H2,1-4H3. The molecule has 1 atom stereocenters. The highest BCUT2D eigenvalue weighted by Crippen LogP contribution is 2.13. The lowest BCUT2D eigenvalue weighted by atomic mass is 10.0. The Morgan fingerprint density at radius 3 is 2.60 bits per heavy atom. The lowest BCUT2D eigenvalue weighted by Gasteiger charge is -2.22. The molecule has 0 aliphatic heterocycles. The van der Waals surface area contributed by atoms with Crippen molar-refractivity contribution in [1.82, 2.24) is 4.90 Å². The van der Waals surface area contributed by atoms with E-state index in [1.807, 2.05) is 31.3 Å². The molecule has 0 aliphatic carbocycles. The molecule has 0 bridgehead atoms. The fourth-order valence-corrected chi connectivity index (χ4v) is 1.99. The molecule has 0 saturated heterocycles. The van der Waals surface area contributed by atoms with E-state index in [0.717, 1.165) is 12.0 Å². The molecule has 1 amide bonds. The molecule has 4 heteroatoms. The Balaban J connectivity index is 2.69. The quantitative estimate of drug-likeness (QED) is 0.832. The van der Waals surface area contributed by atoms with Gasteiger partial charge in [0.1, 0.15) is 0 Å². The molecule has 0 aliphatic rings. The molecule has 112 valence electrons. The summed E-state index contributed by atoms with van der Waals surface area (Å²) in [6.07, 6.45) is 0.812. The van der Waals surface area contributed by atoms with Gasteiger partial charge in [0.2, 0.25) is 0 Å². The van der Waals surface area contributed by atoms with E-state index in [-0.39, 0.29) is 11.9 Å². The van der Waals surface area contributed by atoms with E-state index in [9.17, 15) is 4.79 Å². The lowest BCUT2D eigenvalue weighted by molar-refractivity contribution is 0.0784. The summed E-state index contributed by atoms with van der Waals surface area (Å²) >= 11 is 0. The summed E-state index contributed by atoms with van der Waals surface area (Å²) < 4.78 is 5.14. The Kier molecular flexibility index (Phi) is 6.68. The molecular formula is C16H26N2O2. The van der Waals surface area contributed by atoms with E-state index in [4.69, 9.17) is 10.5 Å². The van der Waals surface area contributed by atoms with Crippen LogP contribution in [0.2, 0.25) is 0 Å². The van der Waals surface area contributed by atoms with Crippen molar-refractivity contribution in [3.05, 3.63) is 35.4 Å². The van der Waals surface area contributed by atoms with Crippen LogP contribution in [-0.2, 0) is 11.3 Å². The van der Waals surface area contributed by atoms with Crippen LogP contribution in [-0.4, -0.2) is 37.6 Å². The number of methoxy groups -OCH3 is 1. The zero-order valence-corrected chi connectivity index (χ0v) is 12.9. The number of hydrogen-bond acceptors (Lipinski definition) is 3. The van der Waals surface area contributed by atoms with Crippen molar-refractivity contribution >= 4 is 5.91 Å². The van der Waals surface area contributed by atoms with E-state index >= 15 is 0 Å². The molecule has 0 saturated carbocycles. The van der Waals surface area contributed by atoms with Crippen LogP contribution in [0.1, 0.15) is 36.2 Å². The first-order valence-corrected chi connectivity index (χ1v) is 7.05. The predicted octanol–water partition coefficient (Wildman–Crippen LogP) is 2.28. The van der Waals surface area contributed by atoms with Gasteiger partial charge in [-0.1, -0.05) is 32.0 Å². The van der Waals surface area contributed by atoms with Crippen molar-refractivity contribution in [3.63, 3.8) is 0 Å². The van der Waals surface area contributed by atoms with Gasteiger partial charge in [-0.25, -0.2) is 0 Å². The molecule has 4 nitrogen and oxygen atoms in total. The number of carbonyl (C=O) groups is 1. The second-order valence-corrected chi connectivity index (χ2v) is 5.51. The largest absolute Gasteiger partial charge is 0.380 e. The Morgan fingerprint density at radius 1 is 1.35 bits per heavy atom. The van der Waals surface area contributed by atoms with Crippen LogP contribution in [0.5, 0.6) is 0 Å². The van der Waals surface area contributed by atoms with Gasteiger partial charge in [0, 0.05) is 32.3 Å². The van der Waals surface area contributed by atoms with Gasteiger partial charge in [-0.3, -0.25) is 4.79 Å². The Labute approximate surface area is 121 Å². The molecular weight excluding hydrogens is 252 g/mol. The summed E-state index contributed by atoms with van der Waals surface area (Å²) in [5, 5.41) is 0. The van der Waals surface area contributed by atoms with E-state index < -0.39 is 0 Å². The van der Waals surface area contributed by atoms with Gasteiger partial charge in [-0.05, 0) is 24.0 Å². The van der Waals surface area contributed by atoms with Gasteiger partial charge in [-0.2, -0.15) is 0 Å². The van der Waals surface area contributed by atoms with Crippen molar-refractivity contribution in [2.45, 2.75) is 32.9 Å². The Morgan fingerprint density at radius 2 is 2.00 bits per heavy atom. The number of rotatable bonds is 7. The molecule has 1 rings (SSSR count). The lowest BCUT2D eigenvalue weighted by Crippen LogP contribution is -2.35. The Bertz CT molecular complexity index is 432. The average molecular weight is 278 g/mol. The number of benzene rings is 1. The van der Waals surface area contributed by atoms with E-state index in [1.165, 1.54) is 0 Å². The fraction of sp³-hybridized carbons (Fsp3) is 0.562. The third-order valence-corrected chi connectivity index (χ3v) is 3.55. The molecule has 2 N–H and O–H groups in total. The second-order valence-electron chi connectivity index (χ2n) is 5.51. The number of nitrogens with two attached hydrogens (primary N) is 1. The van der Waals surface area contributed by atoms with Crippen molar-refractivity contribution in [2.75, 3.05) is 20.7 Å². The maximum atomic E-state index is 12.5. The fourth-order valence-electron chi connectivity index (χ4n) is 1.99. The third kappa shape index (κ3) is 4.62. The molecule has 0 heterocycles. The molecule has 1 aromatic rings. The third-order valence-electron chi connectivity index (χ3n) is 3.55.